The molecule has 8 nitrogen and oxygen atoms in total. The second-order valence-electron chi connectivity index (χ2n) is 17.0. The van der Waals surface area contributed by atoms with Gasteiger partial charge in [-0.1, -0.05) is 224 Å². The number of hydrogen-bond donors (Lipinski definition) is 2. The fraction of sp³-hybridized carbons (Fsp3) is 0.900. The van der Waals surface area contributed by atoms with E-state index in [0.29, 0.717) is 13.0 Å². The first-order chi connectivity index (χ1) is 28.9. The first kappa shape index (κ1) is 58.0. The molecule has 0 aromatic rings. The highest BCUT2D eigenvalue weighted by molar-refractivity contribution is 7.47. The number of phosphoric ester groups is 1. The molecular formula is C50H98NO7P. The number of allylic oxidation sites excluding steroid dienone is 4. The van der Waals surface area contributed by atoms with Crippen molar-refractivity contribution in [3.05, 3.63) is 24.3 Å². The van der Waals surface area contributed by atoms with Gasteiger partial charge < -0.3 is 20.1 Å². The molecule has 0 saturated heterocycles. The summed E-state index contributed by atoms with van der Waals surface area (Å²) in [5, 5.41) is 0. The first-order valence-electron chi connectivity index (χ1n) is 25.3. The highest BCUT2D eigenvalue weighted by atomic mass is 31.2. The van der Waals surface area contributed by atoms with Crippen molar-refractivity contribution in [2.45, 2.75) is 258 Å². The van der Waals surface area contributed by atoms with Crippen LogP contribution in [0.3, 0.4) is 0 Å². The average molecular weight is 856 g/mol. The molecule has 0 aliphatic rings. The zero-order valence-electron chi connectivity index (χ0n) is 39.0. The van der Waals surface area contributed by atoms with E-state index in [1.165, 1.54) is 193 Å². The predicted octanol–water partition coefficient (Wildman–Crippen LogP) is 15.6. The molecule has 0 aromatic carbocycles. The molecule has 0 saturated carbocycles. The van der Waals surface area contributed by atoms with Crippen LogP contribution in [0.25, 0.3) is 0 Å². The number of esters is 1. The first-order valence-corrected chi connectivity index (χ1v) is 26.8. The largest absolute Gasteiger partial charge is 0.472 e. The van der Waals surface area contributed by atoms with E-state index in [4.69, 9.17) is 24.3 Å². The Hall–Kier alpha value is -1.02. The Bertz CT molecular complexity index is 962. The maximum Gasteiger partial charge on any atom is 0.472 e. The molecule has 0 rings (SSSR count). The second kappa shape index (κ2) is 48.0. The summed E-state index contributed by atoms with van der Waals surface area (Å²) in [6, 6.07) is 0. The van der Waals surface area contributed by atoms with Gasteiger partial charge in [-0.05, 0) is 44.9 Å². The van der Waals surface area contributed by atoms with E-state index in [0.717, 1.165) is 38.5 Å². The fourth-order valence-corrected chi connectivity index (χ4v) is 8.15. The monoisotopic (exact) mass is 856 g/mol. The minimum atomic E-state index is -4.28. The molecule has 0 radical (unpaired) electrons. The Kier molecular flexibility index (Phi) is 47.2. The Morgan fingerprint density at radius 1 is 0.508 bits per heavy atom. The van der Waals surface area contributed by atoms with Crippen molar-refractivity contribution in [1.29, 1.82) is 0 Å². The molecule has 350 valence electrons. The second-order valence-corrected chi connectivity index (χ2v) is 18.5. The van der Waals surface area contributed by atoms with Gasteiger partial charge in [-0.3, -0.25) is 13.8 Å². The van der Waals surface area contributed by atoms with Gasteiger partial charge in [-0.25, -0.2) is 4.57 Å². The highest BCUT2D eigenvalue weighted by Crippen LogP contribution is 2.43. The van der Waals surface area contributed by atoms with E-state index in [9.17, 15) is 14.3 Å². The van der Waals surface area contributed by atoms with Crippen LogP contribution in [0.2, 0.25) is 0 Å². The minimum Gasteiger partial charge on any atom is -0.457 e. The Morgan fingerprint density at radius 3 is 1.32 bits per heavy atom. The lowest BCUT2D eigenvalue weighted by molar-refractivity contribution is -0.154. The van der Waals surface area contributed by atoms with E-state index in [2.05, 4.69) is 38.2 Å². The van der Waals surface area contributed by atoms with E-state index >= 15 is 0 Å². The Morgan fingerprint density at radius 2 is 0.898 bits per heavy atom. The van der Waals surface area contributed by atoms with Crippen LogP contribution in [0.4, 0.5) is 0 Å². The SMILES string of the molecule is CCCCCCC/C=C\C/C=C\CCCCCCCCCCCCCC(=O)OC(COCCCCCCCCCCCCCCCCCCC)COP(=O)(O)OCCN. The standard InChI is InChI=1S/C50H98NO7P/c1-3-5-7-9-11-13-15-17-19-21-22-23-24-25-26-27-29-31-33-35-37-39-41-43-50(52)58-49(48-57-59(53,54)56-46-44-51)47-55-45-42-40-38-36-34-32-30-28-20-18-16-14-12-10-8-6-4-2/h15,17,21-22,49H,3-14,16,18-20,23-48,51H2,1-2H3,(H,53,54)/b17-15-,22-21-. The molecular weight excluding hydrogens is 758 g/mol. The van der Waals surface area contributed by atoms with E-state index in [1.807, 2.05) is 0 Å². The van der Waals surface area contributed by atoms with Crippen LogP contribution < -0.4 is 5.73 Å². The molecule has 3 N–H and O–H groups in total. The topological polar surface area (TPSA) is 117 Å². The number of unbranched alkanes of at least 4 members (excludes halogenated alkanes) is 32. The van der Waals surface area contributed by atoms with Gasteiger partial charge in [0.2, 0.25) is 0 Å². The van der Waals surface area contributed by atoms with Gasteiger partial charge in [0.25, 0.3) is 0 Å². The van der Waals surface area contributed by atoms with E-state index in [-0.39, 0.29) is 32.3 Å². The summed E-state index contributed by atoms with van der Waals surface area (Å²) in [5.74, 6) is -0.327. The molecule has 0 heterocycles. The van der Waals surface area contributed by atoms with Crippen LogP contribution in [0.1, 0.15) is 251 Å². The van der Waals surface area contributed by atoms with Crippen molar-refractivity contribution in [3.63, 3.8) is 0 Å². The number of rotatable bonds is 49. The lowest BCUT2D eigenvalue weighted by Gasteiger charge is -2.20. The van der Waals surface area contributed by atoms with E-state index < -0.39 is 13.9 Å². The lowest BCUT2D eigenvalue weighted by atomic mass is 10.0. The number of nitrogens with two attached hydrogens (primary N) is 1. The average Bonchev–Trinajstić information content (AvgIpc) is 3.23. The predicted molar refractivity (Wildman–Crippen MR) is 252 cm³/mol. The molecule has 9 heteroatoms. The number of hydrogen-bond acceptors (Lipinski definition) is 7. The lowest BCUT2D eigenvalue weighted by Crippen LogP contribution is -2.28. The third kappa shape index (κ3) is 47.9. The van der Waals surface area contributed by atoms with Crippen LogP contribution in [0.15, 0.2) is 24.3 Å². The maximum atomic E-state index is 12.6. The molecule has 0 aromatic heterocycles. The third-order valence-corrected chi connectivity index (χ3v) is 12.1. The smallest absolute Gasteiger partial charge is 0.457 e. The number of carbonyl (C=O) groups excluding carboxylic acids is 1. The van der Waals surface area contributed by atoms with Crippen LogP contribution >= 0.6 is 7.82 Å². The van der Waals surface area contributed by atoms with Gasteiger partial charge >= 0.3 is 13.8 Å². The Balaban J connectivity index is 3.92. The number of carbonyl (C=O) groups is 1. The van der Waals surface area contributed by atoms with Gasteiger partial charge in [-0.2, -0.15) is 0 Å². The van der Waals surface area contributed by atoms with Crippen LogP contribution in [0, 0.1) is 0 Å². The molecule has 2 atom stereocenters. The van der Waals surface area contributed by atoms with Gasteiger partial charge in [0.15, 0.2) is 0 Å². The summed E-state index contributed by atoms with van der Waals surface area (Å²) in [6.07, 6.45) is 54.9. The molecule has 0 amide bonds. The van der Waals surface area contributed by atoms with Crippen molar-refractivity contribution in [2.24, 2.45) is 5.73 Å². The van der Waals surface area contributed by atoms with Crippen LogP contribution in [-0.2, 0) is 27.9 Å². The molecule has 0 bridgehead atoms. The zero-order valence-corrected chi connectivity index (χ0v) is 39.9. The minimum absolute atomic E-state index is 0.0932. The van der Waals surface area contributed by atoms with Gasteiger partial charge in [0, 0.05) is 19.6 Å². The van der Waals surface area contributed by atoms with Crippen molar-refractivity contribution in [2.75, 3.05) is 33.0 Å². The number of phosphoric acid groups is 1. The molecule has 2 unspecified atom stereocenters. The van der Waals surface area contributed by atoms with Crippen molar-refractivity contribution in [3.8, 4) is 0 Å². The summed E-state index contributed by atoms with van der Waals surface area (Å²) in [6.45, 7) is 4.97. The summed E-state index contributed by atoms with van der Waals surface area (Å²) >= 11 is 0. The summed E-state index contributed by atoms with van der Waals surface area (Å²) in [4.78, 5) is 22.6. The quantitative estimate of drug-likeness (QED) is 0.0269. The van der Waals surface area contributed by atoms with Gasteiger partial charge in [-0.15, -0.1) is 0 Å². The normalized spacial score (nSPS) is 13.5. The fourth-order valence-electron chi connectivity index (χ4n) is 7.38. The van der Waals surface area contributed by atoms with Crippen molar-refractivity contribution >= 4 is 13.8 Å². The van der Waals surface area contributed by atoms with Gasteiger partial charge in [0.05, 0.1) is 19.8 Å². The van der Waals surface area contributed by atoms with E-state index in [1.54, 1.807) is 0 Å². The molecule has 59 heavy (non-hydrogen) atoms. The van der Waals surface area contributed by atoms with Crippen molar-refractivity contribution < 1.29 is 32.8 Å². The summed E-state index contributed by atoms with van der Waals surface area (Å²) < 4.78 is 33.6. The number of ether oxygens (including phenoxy) is 2. The molecule has 0 spiro atoms. The molecule has 0 fully saturated rings. The highest BCUT2D eigenvalue weighted by Gasteiger charge is 2.25. The van der Waals surface area contributed by atoms with Crippen LogP contribution in [0.5, 0.6) is 0 Å². The van der Waals surface area contributed by atoms with Gasteiger partial charge in [0.1, 0.15) is 6.10 Å². The molecule has 0 aliphatic carbocycles. The Labute approximate surface area is 366 Å². The maximum absolute atomic E-state index is 12.6. The summed E-state index contributed by atoms with van der Waals surface area (Å²) in [7, 11) is -4.28. The summed E-state index contributed by atoms with van der Waals surface area (Å²) in [5.41, 5.74) is 5.39. The van der Waals surface area contributed by atoms with Crippen LogP contribution in [-0.4, -0.2) is 49.9 Å². The molecule has 0 aliphatic heterocycles. The third-order valence-electron chi connectivity index (χ3n) is 11.1. The van der Waals surface area contributed by atoms with Crippen molar-refractivity contribution in [1.82, 2.24) is 0 Å². The zero-order chi connectivity index (χ0) is 43.0.